The first kappa shape index (κ1) is 16.6. The number of carbonyl (C=O) groups excluding carboxylic acids is 1. The van der Waals surface area contributed by atoms with Crippen molar-refractivity contribution in [3.05, 3.63) is 77.7 Å². The summed E-state index contributed by atoms with van der Waals surface area (Å²) in [7, 11) is 0. The zero-order valence-electron chi connectivity index (χ0n) is 14.3. The first-order chi connectivity index (χ1) is 12.1. The summed E-state index contributed by atoms with van der Waals surface area (Å²) in [5.41, 5.74) is 4.30. The second-order valence-corrected chi connectivity index (χ2v) is 5.79. The number of nitrogens with one attached hydrogen (secondary N) is 2. The summed E-state index contributed by atoms with van der Waals surface area (Å²) >= 11 is 0. The number of hydrogen-bond donors (Lipinski definition) is 2. The molecule has 0 saturated carbocycles. The second-order valence-electron chi connectivity index (χ2n) is 5.79. The van der Waals surface area contributed by atoms with E-state index in [4.69, 9.17) is 0 Å². The molecule has 0 fully saturated rings. The average molecular weight is 332 g/mol. The lowest BCUT2D eigenvalue weighted by Gasteiger charge is -2.08. The Morgan fingerprint density at radius 1 is 1.00 bits per heavy atom. The van der Waals surface area contributed by atoms with E-state index in [9.17, 15) is 4.79 Å². The summed E-state index contributed by atoms with van der Waals surface area (Å²) in [6.45, 7) is 4.09. The molecular formula is C20H20N4O. The van der Waals surface area contributed by atoms with Gasteiger partial charge in [-0.1, -0.05) is 31.2 Å². The van der Waals surface area contributed by atoms with Crippen molar-refractivity contribution >= 4 is 23.1 Å². The molecule has 1 aromatic heterocycles. The van der Waals surface area contributed by atoms with Crippen molar-refractivity contribution in [3.63, 3.8) is 0 Å². The lowest BCUT2D eigenvalue weighted by Crippen LogP contribution is -2.14. The van der Waals surface area contributed by atoms with Crippen LogP contribution in [0.15, 0.2) is 60.9 Å². The van der Waals surface area contributed by atoms with Crippen LogP contribution in [0.1, 0.15) is 28.5 Å². The largest absolute Gasteiger partial charge is 0.339 e. The lowest BCUT2D eigenvalue weighted by atomic mass is 10.1. The maximum atomic E-state index is 12.2. The fourth-order valence-corrected chi connectivity index (χ4v) is 2.40. The van der Waals surface area contributed by atoms with E-state index in [2.05, 4.69) is 39.7 Å². The maximum Gasteiger partial charge on any atom is 0.275 e. The van der Waals surface area contributed by atoms with Crippen LogP contribution in [0.5, 0.6) is 0 Å². The average Bonchev–Trinajstić information content (AvgIpc) is 2.63. The normalized spacial score (nSPS) is 10.3. The number of benzene rings is 2. The van der Waals surface area contributed by atoms with Crippen molar-refractivity contribution < 1.29 is 4.79 Å². The number of amides is 1. The van der Waals surface area contributed by atoms with Crippen molar-refractivity contribution in [1.82, 2.24) is 9.97 Å². The first-order valence-corrected chi connectivity index (χ1v) is 8.20. The number of anilines is 3. The minimum atomic E-state index is -0.281. The molecule has 126 valence electrons. The van der Waals surface area contributed by atoms with Crippen molar-refractivity contribution in [2.45, 2.75) is 20.3 Å². The van der Waals surface area contributed by atoms with Crippen LogP contribution in [-0.2, 0) is 6.42 Å². The van der Waals surface area contributed by atoms with Gasteiger partial charge in [0, 0.05) is 11.4 Å². The van der Waals surface area contributed by atoms with E-state index in [1.54, 1.807) is 6.20 Å². The van der Waals surface area contributed by atoms with Crippen molar-refractivity contribution in [3.8, 4) is 0 Å². The number of aryl methyl sites for hydroxylation is 2. The Kier molecular flexibility index (Phi) is 5.04. The van der Waals surface area contributed by atoms with Gasteiger partial charge in [0.25, 0.3) is 5.91 Å². The second kappa shape index (κ2) is 7.57. The third-order valence-electron chi connectivity index (χ3n) is 3.80. The molecule has 0 unspecified atom stereocenters. The quantitative estimate of drug-likeness (QED) is 0.729. The molecule has 0 aliphatic heterocycles. The van der Waals surface area contributed by atoms with Crippen LogP contribution in [-0.4, -0.2) is 15.9 Å². The van der Waals surface area contributed by atoms with Gasteiger partial charge >= 0.3 is 0 Å². The first-order valence-electron chi connectivity index (χ1n) is 8.20. The smallest absolute Gasteiger partial charge is 0.275 e. The highest BCUT2D eigenvalue weighted by atomic mass is 16.1. The van der Waals surface area contributed by atoms with Crippen LogP contribution in [0.25, 0.3) is 0 Å². The molecule has 1 amide bonds. The van der Waals surface area contributed by atoms with Gasteiger partial charge in [0.1, 0.15) is 11.5 Å². The summed E-state index contributed by atoms with van der Waals surface area (Å²) in [5.74, 6) is 0.313. The minimum absolute atomic E-state index is 0.272. The van der Waals surface area contributed by atoms with Crippen LogP contribution in [0.2, 0.25) is 0 Å². The standard InChI is InChI=1S/C20H20N4O/c1-3-15-7-9-16(10-8-15)23-19-13-21-18(12-22-19)20(25)24-17-6-4-5-14(2)11-17/h4-13H,3H2,1-2H3,(H,22,23)(H,24,25). The molecule has 0 spiro atoms. The molecule has 1 heterocycles. The Morgan fingerprint density at radius 2 is 1.80 bits per heavy atom. The van der Waals surface area contributed by atoms with Gasteiger partial charge in [0.15, 0.2) is 0 Å². The molecule has 0 aliphatic carbocycles. The highest BCUT2D eigenvalue weighted by molar-refractivity contribution is 6.02. The zero-order valence-corrected chi connectivity index (χ0v) is 14.3. The number of rotatable bonds is 5. The number of aromatic nitrogens is 2. The molecular weight excluding hydrogens is 312 g/mol. The molecule has 0 radical (unpaired) electrons. The Labute approximate surface area is 147 Å². The SMILES string of the molecule is CCc1ccc(Nc2cnc(C(=O)Nc3cccc(C)c3)cn2)cc1. The van der Waals surface area contributed by atoms with Gasteiger partial charge < -0.3 is 10.6 Å². The molecule has 2 N–H and O–H groups in total. The lowest BCUT2D eigenvalue weighted by molar-refractivity contribution is 0.102. The van der Waals surface area contributed by atoms with Gasteiger partial charge in [-0.05, 0) is 48.7 Å². The predicted octanol–water partition coefficient (Wildman–Crippen LogP) is 4.34. The Balaban J connectivity index is 1.65. The maximum absolute atomic E-state index is 12.2. The number of carbonyl (C=O) groups is 1. The number of hydrogen-bond acceptors (Lipinski definition) is 4. The van der Waals surface area contributed by atoms with Crippen LogP contribution >= 0.6 is 0 Å². The molecule has 3 rings (SSSR count). The van der Waals surface area contributed by atoms with Gasteiger partial charge in [-0.15, -0.1) is 0 Å². The van der Waals surface area contributed by atoms with Crippen molar-refractivity contribution in [2.75, 3.05) is 10.6 Å². The van der Waals surface area contributed by atoms with Crippen molar-refractivity contribution in [2.24, 2.45) is 0 Å². The fourth-order valence-electron chi connectivity index (χ4n) is 2.40. The van der Waals surface area contributed by atoms with E-state index in [0.717, 1.165) is 23.4 Å². The summed E-state index contributed by atoms with van der Waals surface area (Å²) < 4.78 is 0. The molecule has 0 saturated heterocycles. The van der Waals surface area contributed by atoms with E-state index in [0.29, 0.717) is 5.82 Å². The van der Waals surface area contributed by atoms with Gasteiger partial charge in [-0.25, -0.2) is 9.97 Å². The Morgan fingerprint density at radius 3 is 2.44 bits per heavy atom. The van der Waals surface area contributed by atoms with Crippen LogP contribution < -0.4 is 10.6 Å². The molecule has 0 aliphatic rings. The summed E-state index contributed by atoms with van der Waals surface area (Å²) in [6.07, 6.45) is 4.03. The van der Waals surface area contributed by atoms with Crippen LogP contribution in [0.4, 0.5) is 17.2 Å². The summed E-state index contributed by atoms with van der Waals surface area (Å²) in [5, 5.41) is 5.99. The molecule has 3 aromatic rings. The van der Waals surface area contributed by atoms with E-state index >= 15 is 0 Å². The fraction of sp³-hybridized carbons (Fsp3) is 0.150. The topological polar surface area (TPSA) is 66.9 Å². The summed E-state index contributed by atoms with van der Waals surface area (Å²) in [6, 6.07) is 15.8. The van der Waals surface area contributed by atoms with Gasteiger partial charge in [-0.2, -0.15) is 0 Å². The van der Waals surface area contributed by atoms with E-state index < -0.39 is 0 Å². The summed E-state index contributed by atoms with van der Waals surface area (Å²) in [4.78, 5) is 20.7. The van der Waals surface area contributed by atoms with E-state index in [-0.39, 0.29) is 11.6 Å². The minimum Gasteiger partial charge on any atom is -0.339 e. The van der Waals surface area contributed by atoms with Crippen LogP contribution in [0.3, 0.4) is 0 Å². The van der Waals surface area contributed by atoms with Gasteiger partial charge in [-0.3, -0.25) is 4.79 Å². The van der Waals surface area contributed by atoms with Crippen molar-refractivity contribution in [1.29, 1.82) is 0 Å². The van der Waals surface area contributed by atoms with Crippen LogP contribution in [0, 0.1) is 6.92 Å². The van der Waals surface area contributed by atoms with E-state index in [1.807, 2.05) is 43.3 Å². The third kappa shape index (κ3) is 4.41. The molecule has 5 nitrogen and oxygen atoms in total. The third-order valence-corrected chi connectivity index (χ3v) is 3.80. The monoisotopic (exact) mass is 332 g/mol. The molecule has 0 atom stereocenters. The number of nitrogens with zero attached hydrogens (tertiary/aromatic N) is 2. The zero-order chi connectivity index (χ0) is 17.6. The molecule has 0 bridgehead atoms. The highest BCUT2D eigenvalue weighted by Gasteiger charge is 2.08. The van der Waals surface area contributed by atoms with Gasteiger partial charge in [0.05, 0.1) is 12.4 Å². The Bertz CT molecular complexity index is 858. The molecule has 25 heavy (non-hydrogen) atoms. The van der Waals surface area contributed by atoms with E-state index in [1.165, 1.54) is 11.8 Å². The van der Waals surface area contributed by atoms with Gasteiger partial charge in [0.2, 0.25) is 0 Å². The predicted molar refractivity (Wildman–Crippen MR) is 100 cm³/mol. The Hall–Kier alpha value is -3.21. The molecule has 5 heteroatoms. The highest BCUT2D eigenvalue weighted by Crippen LogP contribution is 2.15. The molecule has 2 aromatic carbocycles.